The summed E-state index contributed by atoms with van der Waals surface area (Å²) < 4.78 is 0. The lowest BCUT2D eigenvalue weighted by molar-refractivity contribution is 0.0691. The molecular formula is C15H14N2OS. The molecule has 3 heterocycles. The third-order valence-electron chi connectivity index (χ3n) is 4.17. The number of carbonyl (C=O) groups is 1. The lowest BCUT2D eigenvalue weighted by Crippen LogP contribution is -2.28. The van der Waals surface area contributed by atoms with Crippen LogP contribution in [0.5, 0.6) is 0 Å². The van der Waals surface area contributed by atoms with Gasteiger partial charge in [-0.1, -0.05) is 24.3 Å². The second kappa shape index (κ2) is 3.90. The fourth-order valence-electron chi connectivity index (χ4n) is 3.42. The first-order chi connectivity index (χ1) is 9.25. The van der Waals surface area contributed by atoms with Crippen molar-refractivity contribution in [2.75, 3.05) is 0 Å². The summed E-state index contributed by atoms with van der Waals surface area (Å²) in [6, 6.07) is 8.97. The number of thiazole rings is 1. The van der Waals surface area contributed by atoms with Gasteiger partial charge in [0.25, 0.3) is 5.91 Å². The molecule has 1 saturated heterocycles. The van der Waals surface area contributed by atoms with Gasteiger partial charge < -0.3 is 4.90 Å². The monoisotopic (exact) mass is 270 g/mol. The van der Waals surface area contributed by atoms with Crippen molar-refractivity contribution in [1.82, 2.24) is 9.88 Å². The highest BCUT2D eigenvalue weighted by molar-refractivity contribution is 7.09. The van der Waals surface area contributed by atoms with Crippen LogP contribution in [0.2, 0.25) is 0 Å². The van der Waals surface area contributed by atoms with Gasteiger partial charge in [-0.15, -0.1) is 11.3 Å². The van der Waals surface area contributed by atoms with Crippen LogP contribution in [0.3, 0.4) is 0 Å². The van der Waals surface area contributed by atoms with E-state index in [0.29, 0.717) is 5.69 Å². The van der Waals surface area contributed by atoms with Crippen molar-refractivity contribution >= 4 is 17.2 Å². The zero-order valence-electron chi connectivity index (χ0n) is 10.7. The van der Waals surface area contributed by atoms with E-state index < -0.39 is 0 Å². The quantitative estimate of drug-likeness (QED) is 0.794. The first-order valence-electron chi connectivity index (χ1n) is 6.59. The normalized spacial score (nSPS) is 23.7. The SMILES string of the molecule is Cc1nc(C(=O)N2C3CCC2c2ccccc23)cs1. The smallest absolute Gasteiger partial charge is 0.274 e. The Labute approximate surface area is 115 Å². The Hall–Kier alpha value is -1.68. The van der Waals surface area contributed by atoms with Crippen molar-refractivity contribution in [2.45, 2.75) is 31.8 Å². The Morgan fingerprint density at radius 3 is 2.42 bits per heavy atom. The van der Waals surface area contributed by atoms with E-state index in [1.165, 1.54) is 22.5 Å². The molecule has 1 fully saturated rings. The Kier molecular flexibility index (Phi) is 2.30. The highest BCUT2D eigenvalue weighted by Gasteiger charge is 2.46. The van der Waals surface area contributed by atoms with Gasteiger partial charge in [0.05, 0.1) is 17.1 Å². The zero-order chi connectivity index (χ0) is 13.0. The molecule has 3 nitrogen and oxygen atoms in total. The molecule has 2 atom stereocenters. The van der Waals surface area contributed by atoms with Gasteiger partial charge in [-0.05, 0) is 30.9 Å². The minimum Gasteiger partial charge on any atom is -0.323 e. The van der Waals surface area contributed by atoms with Gasteiger partial charge >= 0.3 is 0 Å². The molecule has 2 aliphatic heterocycles. The molecule has 0 aliphatic carbocycles. The van der Waals surface area contributed by atoms with Crippen LogP contribution in [0.25, 0.3) is 0 Å². The van der Waals surface area contributed by atoms with Gasteiger partial charge in [0, 0.05) is 5.38 Å². The maximum atomic E-state index is 12.7. The number of rotatable bonds is 1. The Bertz CT molecular complexity index is 633. The van der Waals surface area contributed by atoms with E-state index in [1.807, 2.05) is 17.2 Å². The Balaban J connectivity index is 1.74. The topological polar surface area (TPSA) is 33.2 Å². The van der Waals surface area contributed by atoms with Crippen LogP contribution in [0.4, 0.5) is 0 Å². The summed E-state index contributed by atoms with van der Waals surface area (Å²) in [6.07, 6.45) is 2.16. The van der Waals surface area contributed by atoms with Gasteiger partial charge in [-0.2, -0.15) is 0 Å². The molecule has 96 valence electrons. The molecule has 1 aromatic heterocycles. The third kappa shape index (κ3) is 1.49. The maximum absolute atomic E-state index is 12.7. The highest BCUT2D eigenvalue weighted by atomic mass is 32.1. The molecule has 4 rings (SSSR count). The van der Waals surface area contributed by atoms with E-state index in [0.717, 1.165) is 17.8 Å². The van der Waals surface area contributed by atoms with E-state index in [2.05, 4.69) is 29.2 Å². The molecular weight excluding hydrogens is 256 g/mol. The van der Waals surface area contributed by atoms with E-state index in [-0.39, 0.29) is 18.0 Å². The lowest BCUT2D eigenvalue weighted by Gasteiger charge is -2.21. The standard InChI is InChI=1S/C15H14N2OS/c1-9-16-12(8-19-9)15(18)17-13-6-7-14(17)11-5-3-2-4-10(11)13/h2-5,8,13-14H,6-7H2,1H3. The third-order valence-corrected chi connectivity index (χ3v) is 4.95. The van der Waals surface area contributed by atoms with E-state index in [9.17, 15) is 4.79 Å². The summed E-state index contributed by atoms with van der Waals surface area (Å²) in [4.78, 5) is 19.0. The summed E-state index contributed by atoms with van der Waals surface area (Å²) in [5, 5.41) is 2.83. The summed E-state index contributed by atoms with van der Waals surface area (Å²) in [7, 11) is 0. The zero-order valence-corrected chi connectivity index (χ0v) is 11.5. The molecule has 4 heteroatoms. The highest BCUT2D eigenvalue weighted by Crippen LogP contribution is 2.53. The lowest BCUT2D eigenvalue weighted by atomic mass is 9.92. The van der Waals surface area contributed by atoms with Gasteiger partial charge in [0.1, 0.15) is 5.69 Å². The summed E-state index contributed by atoms with van der Waals surface area (Å²) >= 11 is 1.54. The average Bonchev–Trinajstić information content (AvgIpc) is 3.11. The molecule has 2 aromatic rings. The Morgan fingerprint density at radius 2 is 1.89 bits per heavy atom. The first kappa shape index (κ1) is 11.2. The average molecular weight is 270 g/mol. The van der Waals surface area contributed by atoms with Crippen molar-refractivity contribution < 1.29 is 4.79 Å². The number of carbonyl (C=O) groups excluding carboxylic acids is 1. The molecule has 19 heavy (non-hydrogen) atoms. The van der Waals surface area contributed by atoms with Gasteiger partial charge in [-0.3, -0.25) is 4.79 Å². The van der Waals surface area contributed by atoms with Crippen molar-refractivity contribution in [3.8, 4) is 0 Å². The van der Waals surface area contributed by atoms with Crippen LogP contribution >= 0.6 is 11.3 Å². The molecule has 2 bridgehead atoms. The number of benzene rings is 1. The van der Waals surface area contributed by atoms with Crippen molar-refractivity contribution in [3.63, 3.8) is 0 Å². The molecule has 2 unspecified atom stereocenters. The number of hydrogen-bond acceptors (Lipinski definition) is 3. The molecule has 1 amide bonds. The number of fused-ring (bicyclic) bond motifs is 5. The summed E-state index contributed by atoms with van der Waals surface area (Å²) in [6.45, 7) is 1.94. The molecule has 0 saturated carbocycles. The van der Waals surface area contributed by atoms with Gasteiger partial charge in [0.2, 0.25) is 0 Å². The second-order valence-corrected chi connectivity index (χ2v) is 6.26. The Morgan fingerprint density at radius 1 is 1.26 bits per heavy atom. The summed E-state index contributed by atoms with van der Waals surface area (Å²) in [5.74, 6) is 0.0908. The first-order valence-corrected chi connectivity index (χ1v) is 7.47. The molecule has 0 N–H and O–H groups in total. The summed E-state index contributed by atoms with van der Waals surface area (Å²) in [5.41, 5.74) is 3.27. The number of hydrogen-bond donors (Lipinski definition) is 0. The van der Waals surface area contributed by atoms with Crippen LogP contribution in [0.15, 0.2) is 29.6 Å². The fraction of sp³-hybridized carbons (Fsp3) is 0.333. The van der Waals surface area contributed by atoms with E-state index >= 15 is 0 Å². The molecule has 0 spiro atoms. The van der Waals surface area contributed by atoms with Crippen LogP contribution < -0.4 is 0 Å². The molecule has 2 aliphatic rings. The predicted octanol–water partition coefficient (Wildman–Crippen LogP) is 3.48. The fourth-order valence-corrected chi connectivity index (χ4v) is 4.00. The number of aromatic nitrogens is 1. The van der Waals surface area contributed by atoms with E-state index in [4.69, 9.17) is 0 Å². The number of amides is 1. The van der Waals surface area contributed by atoms with Gasteiger partial charge in [-0.25, -0.2) is 4.98 Å². The van der Waals surface area contributed by atoms with Crippen molar-refractivity contribution in [3.05, 3.63) is 51.5 Å². The van der Waals surface area contributed by atoms with Crippen LogP contribution in [0.1, 0.15) is 51.5 Å². The second-order valence-electron chi connectivity index (χ2n) is 5.20. The van der Waals surface area contributed by atoms with Crippen LogP contribution in [0, 0.1) is 6.92 Å². The molecule has 1 aromatic carbocycles. The number of nitrogens with zero attached hydrogens (tertiary/aromatic N) is 2. The number of aryl methyl sites for hydroxylation is 1. The van der Waals surface area contributed by atoms with Crippen LogP contribution in [-0.2, 0) is 0 Å². The maximum Gasteiger partial charge on any atom is 0.274 e. The van der Waals surface area contributed by atoms with Crippen molar-refractivity contribution in [2.24, 2.45) is 0 Å². The van der Waals surface area contributed by atoms with Crippen LogP contribution in [-0.4, -0.2) is 15.8 Å². The van der Waals surface area contributed by atoms with Crippen molar-refractivity contribution in [1.29, 1.82) is 0 Å². The predicted molar refractivity (Wildman–Crippen MR) is 74.2 cm³/mol. The van der Waals surface area contributed by atoms with E-state index in [1.54, 1.807) is 0 Å². The minimum absolute atomic E-state index is 0.0908. The largest absolute Gasteiger partial charge is 0.323 e. The molecule has 0 radical (unpaired) electrons. The minimum atomic E-state index is 0.0908. The van der Waals surface area contributed by atoms with Gasteiger partial charge in [0.15, 0.2) is 0 Å².